The first-order valence-corrected chi connectivity index (χ1v) is 10.4. The molecule has 7 nitrogen and oxygen atoms in total. The second kappa shape index (κ2) is 11.4. The number of nitro groups is 1. The molecule has 0 aromatic heterocycles. The summed E-state index contributed by atoms with van der Waals surface area (Å²) in [6.45, 7) is 2.24. The van der Waals surface area contributed by atoms with E-state index >= 15 is 0 Å². The van der Waals surface area contributed by atoms with Crippen LogP contribution in [0, 0.1) is 10.1 Å². The summed E-state index contributed by atoms with van der Waals surface area (Å²) in [4.78, 5) is 37.7. The Balaban J connectivity index is 1.70. The highest BCUT2D eigenvalue weighted by atomic mass is 16.6. The zero-order valence-corrected chi connectivity index (χ0v) is 18.2. The Morgan fingerprint density at radius 1 is 0.909 bits per heavy atom. The highest BCUT2D eigenvalue weighted by molar-refractivity contribution is 5.91. The number of amides is 1. The summed E-state index contributed by atoms with van der Waals surface area (Å²) in [5.41, 5.74) is 2.06. The summed E-state index contributed by atoms with van der Waals surface area (Å²) < 4.78 is 5.30. The van der Waals surface area contributed by atoms with Gasteiger partial charge in [0, 0.05) is 25.2 Å². The van der Waals surface area contributed by atoms with Gasteiger partial charge in [-0.25, -0.2) is 4.79 Å². The number of nitro benzene ring substituents is 1. The predicted octanol–water partition coefficient (Wildman–Crippen LogP) is 4.77. The maximum absolute atomic E-state index is 13.1. The highest BCUT2D eigenvalue weighted by Crippen LogP contribution is 2.19. The quantitative estimate of drug-likeness (QED) is 0.205. The van der Waals surface area contributed by atoms with Gasteiger partial charge in [0.15, 0.2) is 6.10 Å². The molecule has 1 atom stereocenters. The number of hydrogen-bond acceptors (Lipinski definition) is 5. The van der Waals surface area contributed by atoms with Gasteiger partial charge in [0.25, 0.3) is 11.6 Å². The Labute approximate surface area is 192 Å². The van der Waals surface area contributed by atoms with Crippen LogP contribution in [0.4, 0.5) is 5.69 Å². The molecule has 3 rings (SSSR count). The number of para-hydroxylation sites is 1. The van der Waals surface area contributed by atoms with Crippen LogP contribution < -0.4 is 0 Å². The van der Waals surface area contributed by atoms with Crippen LogP contribution in [-0.4, -0.2) is 27.8 Å². The average Bonchev–Trinajstić information content (AvgIpc) is 2.83. The number of esters is 1. The van der Waals surface area contributed by atoms with Gasteiger partial charge in [-0.15, -0.1) is 0 Å². The third-order valence-corrected chi connectivity index (χ3v) is 4.92. The Morgan fingerprint density at radius 3 is 1.97 bits per heavy atom. The molecule has 7 heteroatoms. The number of benzene rings is 3. The van der Waals surface area contributed by atoms with Crippen LogP contribution in [0.1, 0.15) is 23.6 Å². The summed E-state index contributed by atoms with van der Waals surface area (Å²) in [6, 6.07) is 25.2. The average molecular weight is 444 g/mol. The van der Waals surface area contributed by atoms with Gasteiger partial charge < -0.3 is 9.64 Å². The number of carbonyl (C=O) groups excluding carboxylic acids is 2. The van der Waals surface area contributed by atoms with E-state index in [-0.39, 0.29) is 17.2 Å². The standard InChI is InChI=1S/C26H24N2O5/c1-20(33-25(29)17-16-23-14-8-9-15-24(23)28(31)32)26(30)27(18-21-10-4-2-5-11-21)19-22-12-6-3-7-13-22/h2-17,20H,18-19H2,1H3/b17-16+/t20-/m1/s1. The van der Waals surface area contributed by atoms with E-state index in [1.807, 2.05) is 60.7 Å². The molecule has 3 aromatic rings. The molecule has 0 heterocycles. The molecule has 3 aromatic carbocycles. The lowest BCUT2D eigenvalue weighted by molar-refractivity contribution is -0.385. The molecule has 0 spiro atoms. The molecule has 0 fully saturated rings. The van der Waals surface area contributed by atoms with E-state index in [1.165, 1.54) is 25.1 Å². The molecular weight excluding hydrogens is 420 g/mol. The third-order valence-electron chi connectivity index (χ3n) is 4.92. The maximum Gasteiger partial charge on any atom is 0.331 e. The van der Waals surface area contributed by atoms with Crippen molar-refractivity contribution >= 4 is 23.6 Å². The Kier molecular flexibility index (Phi) is 8.07. The first-order chi connectivity index (χ1) is 15.9. The molecule has 0 N–H and O–H groups in total. The minimum absolute atomic E-state index is 0.123. The van der Waals surface area contributed by atoms with E-state index in [0.29, 0.717) is 13.1 Å². The van der Waals surface area contributed by atoms with Crippen molar-refractivity contribution in [2.75, 3.05) is 0 Å². The lowest BCUT2D eigenvalue weighted by atomic mass is 10.1. The van der Waals surface area contributed by atoms with Crippen LogP contribution >= 0.6 is 0 Å². The number of nitrogens with zero attached hydrogens (tertiary/aromatic N) is 2. The van der Waals surface area contributed by atoms with Crippen molar-refractivity contribution in [3.05, 3.63) is 118 Å². The monoisotopic (exact) mass is 444 g/mol. The van der Waals surface area contributed by atoms with Gasteiger partial charge in [-0.05, 0) is 30.2 Å². The first kappa shape index (κ1) is 23.4. The fraction of sp³-hybridized carbons (Fsp3) is 0.154. The molecule has 33 heavy (non-hydrogen) atoms. The third kappa shape index (κ3) is 6.87. The summed E-state index contributed by atoms with van der Waals surface area (Å²) in [5.74, 6) is -1.09. The van der Waals surface area contributed by atoms with Crippen LogP contribution in [0.2, 0.25) is 0 Å². The lowest BCUT2D eigenvalue weighted by Gasteiger charge is -2.26. The van der Waals surface area contributed by atoms with E-state index in [0.717, 1.165) is 17.2 Å². The molecule has 0 bridgehead atoms. The van der Waals surface area contributed by atoms with Gasteiger partial charge in [-0.3, -0.25) is 14.9 Å². The topological polar surface area (TPSA) is 89.7 Å². The van der Waals surface area contributed by atoms with Crippen molar-refractivity contribution in [3.63, 3.8) is 0 Å². The fourth-order valence-corrected chi connectivity index (χ4v) is 3.29. The lowest BCUT2D eigenvalue weighted by Crippen LogP contribution is -2.39. The van der Waals surface area contributed by atoms with Gasteiger partial charge in [0.05, 0.1) is 10.5 Å². The smallest absolute Gasteiger partial charge is 0.331 e. The number of carbonyl (C=O) groups is 2. The summed E-state index contributed by atoms with van der Waals surface area (Å²) >= 11 is 0. The Morgan fingerprint density at radius 2 is 1.42 bits per heavy atom. The van der Waals surface area contributed by atoms with Crippen LogP contribution in [0.25, 0.3) is 6.08 Å². The first-order valence-electron chi connectivity index (χ1n) is 10.4. The minimum Gasteiger partial charge on any atom is -0.449 e. The zero-order chi connectivity index (χ0) is 23.6. The second-order valence-electron chi connectivity index (χ2n) is 7.39. The number of rotatable bonds is 9. The molecule has 0 saturated heterocycles. The van der Waals surface area contributed by atoms with Crippen LogP contribution in [0.3, 0.4) is 0 Å². The Bertz CT molecular complexity index is 1090. The van der Waals surface area contributed by atoms with Crippen LogP contribution in [0.15, 0.2) is 91.0 Å². The number of ether oxygens (including phenoxy) is 1. The van der Waals surface area contributed by atoms with Crippen molar-refractivity contribution in [1.29, 1.82) is 0 Å². The van der Waals surface area contributed by atoms with Gasteiger partial charge >= 0.3 is 5.97 Å². The normalized spacial score (nSPS) is 11.7. The molecule has 168 valence electrons. The summed E-state index contributed by atoms with van der Waals surface area (Å²) in [6.07, 6.45) is 1.37. The van der Waals surface area contributed by atoms with E-state index in [2.05, 4.69) is 0 Å². The molecule has 0 aliphatic carbocycles. The van der Waals surface area contributed by atoms with Crippen molar-refractivity contribution in [2.45, 2.75) is 26.1 Å². The zero-order valence-electron chi connectivity index (χ0n) is 18.2. The van der Waals surface area contributed by atoms with Crippen molar-refractivity contribution in [2.24, 2.45) is 0 Å². The van der Waals surface area contributed by atoms with E-state index in [1.54, 1.807) is 17.0 Å². The second-order valence-corrected chi connectivity index (χ2v) is 7.39. The van der Waals surface area contributed by atoms with E-state index in [9.17, 15) is 19.7 Å². The van der Waals surface area contributed by atoms with Gasteiger partial charge in [0.1, 0.15) is 0 Å². The van der Waals surface area contributed by atoms with Gasteiger partial charge in [-0.1, -0.05) is 72.8 Å². The SMILES string of the molecule is C[C@@H](OC(=O)/C=C/c1ccccc1[N+](=O)[O-])C(=O)N(Cc1ccccc1)Cc1ccccc1. The van der Waals surface area contributed by atoms with Crippen molar-refractivity contribution in [3.8, 4) is 0 Å². The highest BCUT2D eigenvalue weighted by Gasteiger charge is 2.24. The van der Waals surface area contributed by atoms with Crippen molar-refractivity contribution < 1.29 is 19.2 Å². The molecule has 0 radical (unpaired) electrons. The predicted molar refractivity (Wildman–Crippen MR) is 125 cm³/mol. The molecule has 1 amide bonds. The van der Waals surface area contributed by atoms with Crippen molar-refractivity contribution in [1.82, 2.24) is 4.90 Å². The Hall–Kier alpha value is -4.26. The number of hydrogen-bond donors (Lipinski definition) is 0. The molecule has 0 aliphatic rings. The van der Waals surface area contributed by atoms with Crippen LogP contribution in [-0.2, 0) is 27.4 Å². The molecule has 0 aliphatic heterocycles. The van der Waals surface area contributed by atoms with E-state index in [4.69, 9.17) is 4.74 Å². The maximum atomic E-state index is 13.1. The molecule has 0 unspecified atom stereocenters. The molecule has 0 saturated carbocycles. The summed E-state index contributed by atoms with van der Waals surface area (Å²) in [7, 11) is 0. The largest absolute Gasteiger partial charge is 0.449 e. The summed E-state index contributed by atoms with van der Waals surface area (Å²) in [5, 5.41) is 11.1. The molecular formula is C26H24N2O5. The minimum atomic E-state index is -1.03. The van der Waals surface area contributed by atoms with E-state index < -0.39 is 17.0 Å². The van der Waals surface area contributed by atoms with Gasteiger partial charge in [-0.2, -0.15) is 0 Å². The van der Waals surface area contributed by atoms with Gasteiger partial charge in [0.2, 0.25) is 0 Å². The fourth-order valence-electron chi connectivity index (χ4n) is 3.29. The van der Waals surface area contributed by atoms with Crippen LogP contribution in [0.5, 0.6) is 0 Å².